The Labute approximate surface area is 116 Å². The Kier molecular flexibility index (Phi) is 5.63. The number of nitrogens with one attached hydrogen (secondary N) is 1. The summed E-state index contributed by atoms with van der Waals surface area (Å²) in [7, 11) is 0. The molecule has 2 rings (SSSR count). The Morgan fingerprint density at radius 3 is 2.68 bits per heavy atom. The minimum absolute atomic E-state index is 0.125. The predicted octanol–water partition coefficient (Wildman–Crippen LogP) is 1.45. The summed E-state index contributed by atoms with van der Waals surface area (Å²) in [6.07, 6.45) is 7.85. The monoisotopic (exact) mass is 271 g/mol. The average Bonchev–Trinajstić information content (AvgIpc) is 2.36. The molecule has 2 aliphatic rings. The molecule has 2 aliphatic carbocycles. The maximum atomic E-state index is 9.96. The van der Waals surface area contributed by atoms with Crippen molar-refractivity contribution in [2.45, 2.75) is 69.6 Å². The van der Waals surface area contributed by atoms with Crippen LogP contribution in [0.1, 0.15) is 51.9 Å². The molecule has 0 amide bonds. The van der Waals surface area contributed by atoms with Crippen LogP contribution in [0.25, 0.3) is 0 Å². The van der Waals surface area contributed by atoms with Crippen LogP contribution in [0.3, 0.4) is 0 Å². The van der Waals surface area contributed by atoms with E-state index in [1.54, 1.807) is 0 Å². The molecular formula is C15H29NO3. The fourth-order valence-corrected chi connectivity index (χ4v) is 3.16. The van der Waals surface area contributed by atoms with Crippen molar-refractivity contribution in [3.8, 4) is 0 Å². The third kappa shape index (κ3) is 4.42. The molecule has 0 aromatic carbocycles. The highest BCUT2D eigenvalue weighted by Gasteiger charge is 2.36. The van der Waals surface area contributed by atoms with E-state index in [-0.39, 0.29) is 12.1 Å². The highest BCUT2D eigenvalue weighted by atomic mass is 16.5. The number of ether oxygens (including phenoxy) is 1. The molecule has 112 valence electrons. The van der Waals surface area contributed by atoms with Crippen molar-refractivity contribution >= 4 is 0 Å². The Morgan fingerprint density at radius 1 is 1.32 bits per heavy atom. The molecule has 4 nitrogen and oxygen atoms in total. The molecule has 19 heavy (non-hydrogen) atoms. The Hall–Kier alpha value is -0.160. The van der Waals surface area contributed by atoms with Crippen molar-refractivity contribution in [1.29, 1.82) is 0 Å². The molecule has 0 saturated heterocycles. The summed E-state index contributed by atoms with van der Waals surface area (Å²) in [5.41, 5.74) is -0.125. The van der Waals surface area contributed by atoms with Gasteiger partial charge in [0.2, 0.25) is 0 Å². The van der Waals surface area contributed by atoms with Gasteiger partial charge < -0.3 is 20.3 Å². The number of aliphatic hydroxyl groups is 2. The molecule has 0 aliphatic heterocycles. The molecule has 0 aromatic heterocycles. The number of hydrogen-bond donors (Lipinski definition) is 3. The van der Waals surface area contributed by atoms with Gasteiger partial charge in [0, 0.05) is 12.1 Å². The van der Waals surface area contributed by atoms with Crippen LogP contribution in [-0.2, 0) is 4.74 Å². The van der Waals surface area contributed by atoms with E-state index in [1.165, 1.54) is 19.3 Å². The first-order chi connectivity index (χ1) is 9.13. The molecule has 2 fully saturated rings. The van der Waals surface area contributed by atoms with Gasteiger partial charge in [0.25, 0.3) is 0 Å². The first-order valence-electron chi connectivity index (χ1n) is 7.79. The van der Waals surface area contributed by atoms with E-state index < -0.39 is 6.10 Å². The summed E-state index contributed by atoms with van der Waals surface area (Å²) in [5, 5.41) is 22.6. The first-order valence-corrected chi connectivity index (χ1v) is 7.79. The first kappa shape index (κ1) is 15.2. The second-order valence-electron chi connectivity index (χ2n) is 6.55. The van der Waals surface area contributed by atoms with Crippen molar-refractivity contribution in [2.75, 3.05) is 19.8 Å². The fraction of sp³-hybridized carbons (Fsp3) is 1.00. The maximum absolute atomic E-state index is 9.96. The minimum Gasteiger partial charge on any atom is -0.394 e. The van der Waals surface area contributed by atoms with Gasteiger partial charge in [-0.1, -0.05) is 19.8 Å². The van der Waals surface area contributed by atoms with E-state index in [2.05, 4.69) is 12.2 Å². The van der Waals surface area contributed by atoms with E-state index >= 15 is 0 Å². The van der Waals surface area contributed by atoms with Crippen molar-refractivity contribution in [3.63, 3.8) is 0 Å². The van der Waals surface area contributed by atoms with Gasteiger partial charge in [-0.2, -0.15) is 0 Å². The summed E-state index contributed by atoms with van der Waals surface area (Å²) in [5.74, 6) is 0.752. The zero-order valence-corrected chi connectivity index (χ0v) is 12.1. The average molecular weight is 271 g/mol. The van der Waals surface area contributed by atoms with E-state index in [4.69, 9.17) is 4.74 Å². The largest absolute Gasteiger partial charge is 0.394 e. The summed E-state index contributed by atoms with van der Waals surface area (Å²) < 4.78 is 5.81. The van der Waals surface area contributed by atoms with E-state index in [0.717, 1.165) is 31.6 Å². The van der Waals surface area contributed by atoms with E-state index in [1.807, 2.05) is 0 Å². The summed E-state index contributed by atoms with van der Waals surface area (Å²) >= 11 is 0. The number of aliphatic hydroxyl groups excluding tert-OH is 2. The lowest BCUT2D eigenvalue weighted by Crippen LogP contribution is -2.56. The second kappa shape index (κ2) is 7.02. The van der Waals surface area contributed by atoms with Crippen molar-refractivity contribution in [2.24, 2.45) is 5.92 Å². The summed E-state index contributed by atoms with van der Waals surface area (Å²) in [6, 6.07) is 0. The summed E-state index contributed by atoms with van der Waals surface area (Å²) in [4.78, 5) is 0. The maximum Gasteiger partial charge on any atom is 0.0898 e. The van der Waals surface area contributed by atoms with Gasteiger partial charge in [-0.3, -0.25) is 0 Å². The lowest BCUT2D eigenvalue weighted by molar-refractivity contribution is -0.0356. The predicted molar refractivity (Wildman–Crippen MR) is 75.0 cm³/mol. The molecule has 3 unspecified atom stereocenters. The molecule has 0 heterocycles. The van der Waals surface area contributed by atoms with Gasteiger partial charge in [0.05, 0.1) is 25.4 Å². The number of rotatable bonds is 7. The molecule has 0 aromatic rings. The molecule has 3 atom stereocenters. The summed E-state index contributed by atoms with van der Waals surface area (Å²) in [6.45, 7) is 3.37. The van der Waals surface area contributed by atoms with Crippen molar-refractivity contribution in [3.05, 3.63) is 0 Å². The molecule has 4 heteroatoms. The highest BCUT2D eigenvalue weighted by Crippen LogP contribution is 2.31. The third-order valence-corrected chi connectivity index (χ3v) is 4.74. The standard InChI is InChI=1S/C15H29NO3/c1-12-4-2-5-14(8-12)19-10-13(18)9-16-15(11-17)6-3-7-15/h12-14,16-18H,2-11H2,1H3. The van der Waals surface area contributed by atoms with E-state index in [9.17, 15) is 10.2 Å². The lowest BCUT2D eigenvalue weighted by Gasteiger charge is -2.41. The van der Waals surface area contributed by atoms with Crippen LogP contribution in [0.5, 0.6) is 0 Å². The number of β-amino-alcohol motifs (C(OH)–C–C–N with tert-alkyl or cyclic N) is 1. The molecule has 0 radical (unpaired) electrons. The second-order valence-corrected chi connectivity index (χ2v) is 6.55. The lowest BCUT2D eigenvalue weighted by atomic mass is 9.77. The van der Waals surface area contributed by atoms with Gasteiger partial charge in [-0.05, 0) is 38.0 Å². The minimum atomic E-state index is -0.471. The number of hydrogen-bond acceptors (Lipinski definition) is 4. The van der Waals surface area contributed by atoms with Crippen LogP contribution in [-0.4, -0.2) is 47.7 Å². The Bertz CT molecular complexity index is 263. The SMILES string of the molecule is CC1CCCC(OCC(O)CNC2(CO)CCC2)C1. The van der Waals surface area contributed by atoms with Gasteiger partial charge in [0.1, 0.15) is 0 Å². The van der Waals surface area contributed by atoms with Crippen LogP contribution in [0.2, 0.25) is 0 Å². The van der Waals surface area contributed by atoms with Gasteiger partial charge >= 0.3 is 0 Å². The van der Waals surface area contributed by atoms with Gasteiger partial charge in [0.15, 0.2) is 0 Å². The van der Waals surface area contributed by atoms with Gasteiger partial charge in [-0.15, -0.1) is 0 Å². The fourth-order valence-electron chi connectivity index (χ4n) is 3.16. The van der Waals surface area contributed by atoms with Crippen LogP contribution in [0, 0.1) is 5.92 Å². The van der Waals surface area contributed by atoms with Crippen molar-refractivity contribution in [1.82, 2.24) is 5.32 Å². The molecule has 3 N–H and O–H groups in total. The Morgan fingerprint density at radius 2 is 2.11 bits per heavy atom. The molecule has 2 saturated carbocycles. The molecule has 0 bridgehead atoms. The third-order valence-electron chi connectivity index (χ3n) is 4.74. The molecular weight excluding hydrogens is 242 g/mol. The zero-order chi connectivity index (χ0) is 13.7. The quantitative estimate of drug-likeness (QED) is 0.656. The smallest absolute Gasteiger partial charge is 0.0898 e. The van der Waals surface area contributed by atoms with Crippen LogP contribution >= 0.6 is 0 Å². The highest BCUT2D eigenvalue weighted by molar-refractivity contribution is 4.95. The van der Waals surface area contributed by atoms with E-state index in [0.29, 0.717) is 19.3 Å². The van der Waals surface area contributed by atoms with Crippen LogP contribution in [0.4, 0.5) is 0 Å². The molecule has 0 spiro atoms. The Balaban J connectivity index is 1.60. The zero-order valence-electron chi connectivity index (χ0n) is 12.1. The van der Waals surface area contributed by atoms with Crippen LogP contribution in [0.15, 0.2) is 0 Å². The van der Waals surface area contributed by atoms with Gasteiger partial charge in [-0.25, -0.2) is 0 Å². The topological polar surface area (TPSA) is 61.7 Å². The van der Waals surface area contributed by atoms with Crippen molar-refractivity contribution < 1.29 is 14.9 Å². The normalized spacial score (nSPS) is 31.7. The van der Waals surface area contributed by atoms with Crippen LogP contribution < -0.4 is 5.32 Å².